The zero-order valence-corrected chi connectivity index (χ0v) is 15.2. The Bertz CT molecular complexity index is 803. The van der Waals surface area contributed by atoms with Gasteiger partial charge in [-0.1, -0.05) is 33.6 Å². The maximum atomic E-state index is 12.1. The van der Waals surface area contributed by atoms with E-state index < -0.39 is 10.0 Å². The molecule has 0 saturated carbocycles. The Balaban J connectivity index is 2.14. The number of aryl methyl sites for hydroxylation is 1. The largest absolute Gasteiger partial charge is 0.494 e. The van der Waals surface area contributed by atoms with Crippen LogP contribution in [0.15, 0.2) is 56.9 Å². The van der Waals surface area contributed by atoms with Gasteiger partial charge in [0.05, 0.1) is 17.7 Å². The molecular weight excluding hydrogens is 380 g/mol. The van der Waals surface area contributed by atoms with Gasteiger partial charge in [0.15, 0.2) is 0 Å². The summed E-state index contributed by atoms with van der Waals surface area (Å²) in [5.41, 5.74) is 1.70. The average molecular weight is 397 g/mol. The molecule has 0 aliphatic rings. The van der Waals surface area contributed by atoms with Crippen LogP contribution in [0.1, 0.15) is 18.1 Å². The molecule has 0 aliphatic heterocycles. The van der Waals surface area contributed by atoms with Crippen LogP contribution in [-0.2, 0) is 10.0 Å². The van der Waals surface area contributed by atoms with E-state index >= 15 is 0 Å². The van der Waals surface area contributed by atoms with Crippen molar-refractivity contribution in [3.63, 3.8) is 0 Å². The number of ether oxygens (including phenoxy) is 1. The Labute approximate surface area is 144 Å². The average Bonchev–Trinajstić information content (AvgIpc) is 2.51. The maximum Gasteiger partial charge on any atom is 0.276 e. The highest BCUT2D eigenvalue weighted by Crippen LogP contribution is 2.21. The Hall–Kier alpha value is -1.86. The van der Waals surface area contributed by atoms with Crippen molar-refractivity contribution in [1.29, 1.82) is 0 Å². The van der Waals surface area contributed by atoms with E-state index in [1.807, 2.05) is 26.0 Å². The van der Waals surface area contributed by atoms with Crippen LogP contribution in [0.25, 0.3) is 0 Å². The normalized spacial score (nSPS) is 11.6. The van der Waals surface area contributed by atoms with Crippen LogP contribution in [0.5, 0.6) is 5.75 Å². The molecule has 0 bridgehead atoms. The predicted molar refractivity (Wildman–Crippen MR) is 94.4 cm³/mol. The highest BCUT2D eigenvalue weighted by atomic mass is 79.9. The second kappa shape index (κ2) is 7.61. The lowest BCUT2D eigenvalue weighted by Gasteiger charge is -2.06. The lowest BCUT2D eigenvalue weighted by molar-refractivity contribution is 0.340. The molecule has 2 rings (SSSR count). The Morgan fingerprint density at radius 3 is 2.57 bits per heavy atom. The minimum absolute atomic E-state index is 0.169. The van der Waals surface area contributed by atoms with Crippen LogP contribution in [0.3, 0.4) is 0 Å². The molecule has 0 amide bonds. The van der Waals surface area contributed by atoms with Crippen LogP contribution < -0.4 is 9.57 Å². The van der Waals surface area contributed by atoms with Gasteiger partial charge < -0.3 is 4.74 Å². The van der Waals surface area contributed by atoms with E-state index in [4.69, 9.17) is 4.74 Å². The highest BCUT2D eigenvalue weighted by molar-refractivity contribution is 9.10. The third-order valence-electron chi connectivity index (χ3n) is 2.99. The van der Waals surface area contributed by atoms with Gasteiger partial charge in [0.1, 0.15) is 5.75 Å². The summed E-state index contributed by atoms with van der Waals surface area (Å²) in [6.07, 6.45) is 1.43. The molecule has 0 atom stereocenters. The first-order valence-electron chi connectivity index (χ1n) is 6.96. The molecule has 0 fully saturated rings. The fourth-order valence-electron chi connectivity index (χ4n) is 1.81. The zero-order chi connectivity index (χ0) is 16.9. The summed E-state index contributed by atoms with van der Waals surface area (Å²) in [5, 5.41) is 3.83. The summed E-state index contributed by atoms with van der Waals surface area (Å²) in [7, 11) is -3.67. The first-order valence-corrected chi connectivity index (χ1v) is 9.24. The van der Waals surface area contributed by atoms with E-state index in [0.717, 1.165) is 10.0 Å². The second-order valence-electron chi connectivity index (χ2n) is 4.78. The molecule has 2 aromatic rings. The van der Waals surface area contributed by atoms with Crippen molar-refractivity contribution >= 4 is 32.2 Å². The van der Waals surface area contributed by atoms with Crippen LogP contribution >= 0.6 is 15.9 Å². The van der Waals surface area contributed by atoms with Crippen LogP contribution in [0.2, 0.25) is 0 Å². The molecule has 23 heavy (non-hydrogen) atoms. The van der Waals surface area contributed by atoms with Crippen molar-refractivity contribution < 1.29 is 13.2 Å². The quantitative estimate of drug-likeness (QED) is 0.600. The maximum absolute atomic E-state index is 12.1. The lowest BCUT2D eigenvalue weighted by Crippen LogP contribution is -2.18. The van der Waals surface area contributed by atoms with Gasteiger partial charge in [0.25, 0.3) is 10.0 Å². The predicted octanol–water partition coefficient (Wildman–Crippen LogP) is 3.47. The van der Waals surface area contributed by atoms with Gasteiger partial charge in [0, 0.05) is 10.0 Å². The molecule has 0 spiro atoms. The van der Waals surface area contributed by atoms with Gasteiger partial charge in [0.2, 0.25) is 0 Å². The standard InChI is InChI=1S/C16H17BrN2O3S/c1-3-22-14-6-9-16(17)13(10-14)11-18-19-23(20,21)15-7-4-12(2)5-8-15/h4-11,19H,3H2,1-2H3/b18-11-. The van der Waals surface area contributed by atoms with Crippen molar-refractivity contribution in [2.24, 2.45) is 5.10 Å². The highest BCUT2D eigenvalue weighted by Gasteiger charge is 2.11. The van der Waals surface area contributed by atoms with Gasteiger partial charge >= 0.3 is 0 Å². The number of hydrazone groups is 1. The van der Waals surface area contributed by atoms with Gasteiger partial charge in [-0.25, -0.2) is 4.83 Å². The van der Waals surface area contributed by atoms with Crippen molar-refractivity contribution in [3.8, 4) is 5.75 Å². The Morgan fingerprint density at radius 1 is 1.22 bits per heavy atom. The molecule has 1 N–H and O–H groups in total. The van der Waals surface area contributed by atoms with E-state index in [1.54, 1.807) is 30.3 Å². The second-order valence-corrected chi connectivity index (χ2v) is 7.30. The van der Waals surface area contributed by atoms with Crippen LogP contribution in [0.4, 0.5) is 0 Å². The van der Waals surface area contributed by atoms with E-state index in [-0.39, 0.29) is 4.90 Å². The van der Waals surface area contributed by atoms with Crippen molar-refractivity contribution in [2.45, 2.75) is 18.7 Å². The Kier molecular flexibility index (Phi) is 5.79. The number of sulfonamides is 1. The number of nitrogens with zero attached hydrogens (tertiary/aromatic N) is 1. The molecule has 7 heteroatoms. The van der Waals surface area contributed by atoms with E-state index in [0.29, 0.717) is 17.9 Å². The SMILES string of the molecule is CCOc1ccc(Br)c(/C=N\NS(=O)(=O)c2ccc(C)cc2)c1. The van der Waals surface area contributed by atoms with E-state index in [1.165, 1.54) is 6.21 Å². The first kappa shape index (κ1) is 17.5. The monoisotopic (exact) mass is 396 g/mol. The van der Waals surface area contributed by atoms with Crippen molar-refractivity contribution in [3.05, 3.63) is 58.1 Å². The molecule has 0 heterocycles. The first-order chi connectivity index (χ1) is 10.9. The minimum atomic E-state index is -3.67. The number of rotatable bonds is 6. The molecular formula is C16H17BrN2O3S. The minimum Gasteiger partial charge on any atom is -0.494 e. The molecule has 0 unspecified atom stereocenters. The summed E-state index contributed by atoms with van der Waals surface area (Å²) in [6.45, 7) is 4.34. The van der Waals surface area contributed by atoms with Crippen LogP contribution in [-0.4, -0.2) is 21.2 Å². The number of hydrogen-bond acceptors (Lipinski definition) is 4. The lowest BCUT2D eigenvalue weighted by atomic mass is 10.2. The molecule has 0 radical (unpaired) electrons. The summed E-state index contributed by atoms with van der Waals surface area (Å²) >= 11 is 3.39. The molecule has 0 aliphatic carbocycles. The molecule has 122 valence electrons. The Morgan fingerprint density at radius 2 is 1.91 bits per heavy atom. The van der Waals surface area contributed by atoms with E-state index in [9.17, 15) is 8.42 Å². The smallest absolute Gasteiger partial charge is 0.276 e. The summed E-state index contributed by atoms with van der Waals surface area (Å²) in [6, 6.07) is 12.0. The zero-order valence-electron chi connectivity index (χ0n) is 12.8. The van der Waals surface area contributed by atoms with Gasteiger partial charge in [-0.3, -0.25) is 0 Å². The summed E-state index contributed by atoms with van der Waals surface area (Å²) in [5.74, 6) is 0.693. The van der Waals surface area contributed by atoms with Crippen LogP contribution in [0, 0.1) is 6.92 Å². The topological polar surface area (TPSA) is 67.8 Å². The van der Waals surface area contributed by atoms with Gasteiger partial charge in [-0.05, 0) is 44.2 Å². The number of nitrogens with one attached hydrogen (secondary N) is 1. The van der Waals surface area contributed by atoms with Gasteiger partial charge in [-0.15, -0.1) is 0 Å². The molecule has 5 nitrogen and oxygen atoms in total. The summed E-state index contributed by atoms with van der Waals surface area (Å²) in [4.78, 5) is 2.37. The van der Waals surface area contributed by atoms with Crippen molar-refractivity contribution in [2.75, 3.05) is 6.61 Å². The van der Waals surface area contributed by atoms with E-state index in [2.05, 4.69) is 25.9 Å². The summed E-state index contributed by atoms with van der Waals surface area (Å²) < 4.78 is 30.5. The molecule has 0 aromatic heterocycles. The third kappa shape index (κ3) is 4.80. The third-order valence-corrected chi connectivity index (χ3v) is 4.95. The molecule has 2 aromatic carbocycles. The fourth-order valence-corrected chi connectivity index (χ4v) is 2.95. The van der Waals surface area contributed by atoms with Gasteiger partial charge in [-0.2, -0.15) is 13.5 Å². The van der Waals surface area contributed by atoms with Crippen molar-refractivity contribution in [1.82, 2.24) is 4.83 Å². The number of hydrogen-bond donors (Lipinski definition) is 1. The number of benzene rings is 2. The number of halogens is 1. The molecule has 0 saturated heterocycles. The fraction of sp³-hybridized carbons (Fsp3) is 0.188.